The molecule has 2 N–H and O–H groups in total. The van der Waals surface area contributed by atoms with E-state index in [0.29, 0.717) is 32.4 Å². The first kappa shape index (κ1) is 19.5. The topological polar surface area (TPSA) is 86.3 Å². The normalized spacial score (nSPS) is 13.4. The Labute approximate surface area is 121 Å². The van der Waals surface area contributed by atoms with E-state index >= 15 is 0 Å². The summed E-state index contributed by atoms with van der Waals surface area (Å²) in [6.45, 7) is 9.14. The van der Waals surface area contributed by atoms with Crippen LogP contribution in [-0.2, 0) is 22.9 Å². The molecule has 0 aliphatic rings. The molecule has 120 valence electrons. The predicted octanol–water partition coefficient (Wildman–Crippen LogP) is 1.42. The van der Waals surface area contributed by atoms with E-state index in [4.69, 9.17) is 23.2 Å². The molecule has 1 atom stereocenters. The van der Waals surface area contributed by atoms with Gasteiger partial charge in [-0.15, -0.1) is 0 Å². The summed E-state index contributed by atoms with van der Waals surface area (Å²) in [6, 6.07) is 0.548. The van der Waals surface area contributed by atoms with Crippen molar-refractivity contribution in [2.75, 3.05) is 26.4 Å². The van der Waals surface area contributed by atoms with Crippen LogP contribution >= 0.6 is 0 Å². The first-order chi connectivity index (χ1) is 9.51. The highest BCUT2D eigenvalue weighted by Gasteiger charge is 2.43. The van der Waals surface area contributed by atoms with E-state index < -0.39 is 20.9 Å². The molecule has 0 heterocycles. The fourth-order valence-electron chi connectivity index (χ4n) is 1.62. The molecule has 8 heteroatoms. The Hall–Kier alpha value is -0.513. The van der Waals surface area contributed by atoms with Crippen molar-refractivity contribution in [3.05, 3.63) is 0 Å². The SMILES string of the molecule is CCONCCC[Si](OCC)(OCC)OC(C)C(=O)O. The second-order valence-corrected chi connectivity index (χ2v) is 6.76. The lowest BCUT2D eigenvalue weighted by molar-refractivity contribution is -0.146. The number of aliphatic carboxylic acids is 1. The molecule has 0 aromatic heterocycles. The zero-order valence-corrected chi connectivity index (χ0v) is 13.8. The van der Waals surface area contributed by atoms with Crippen molar-refractivity contribution in [3.63, 3.8) is 0 Å². The number of hydrogen-bond acceptors (Lipinski definition) is 6. The fraction of sp³-hybridized carbons (Fsp3) is 0.917. The second kappa shape index (κ2) is 11.2. The van der Waals surface area contributed by atoms with Crippen molar-refractivity contribution in [2.45, 2.75) is 46.3 Å². The van der Waals surface area contributed by atoms with Crippen molar-refractivity contribution >= 4 is 14.8 Å². The molecule has 0 rings (SSSR count). The molecule has 0 aliphatic heterocycles. The predicted molar refractivity (Wildman–Crippen MR) is 76.2 cm³/mol. The molecule has 0 aromatic carbocycles. The van der Waals surface area contributed by atoms with Crippen molar-refractivity contribution in [1.82, 2.24) is 5.48 Å². The molecule has 1 unspecified atom stereocenters. The summed E-state index contributed by atoms with van der Waals surface area (Å²) in [5.74, 6) is -1.02. The van der Waals surface area contributed by atoms with Crippen molar-refractivity contribution < 1.29 is 28.0 Å². The van der Waals surface area contributed by atoms with Crippen LogP contribution in [0.25, 0.3) is 0 Å². The largest absolute Gasteiger partial charge is 0.501 e. The Kier molecular flexibility index (Phi) is 10.9. The van der Waals surface area contributed by atoms with Gasteiger partial charge >= 0.3 is 14.8 Å². The van der Waals surface area contributed by atoms with Crippen LogP contribution in [0.2, 0.25) is 6.04 Å². The lowest BCUT2D eigenvalue weighted by atomic mass is 10.4. The Morgan fingerprint density at radius 1 is 1.20 bits per heavy atom. The summed E-state index contributed by atoms with van der Waals surface area (Å²) in [5, 5.41) is 8.98. The monoisotopic (exact) mass is 309 g/mol. The van der Waals surface area contributed by atoms with Gasteiger partial charge in [0.1, 0.15) is 6.10 Å². The smallest absolute Gasteiger partial charge is 0.479 e. The Morgan fingerprint density at radius 2 is 1.80 bits per heavy atom. The number of hydroxylamine groups is 1. The Bertz CT molecular complexity index is 260. The van der Waals surface area contributed by atoms with Crippen LogP contribution in [0.4, 0.5) is 0 Å². The lowest BCUT2D eigenvalue weighted by Gasteiger charge is -2.30. The van der Waals surface area contributed by atoms with Gasteiger partial charge in [-0.25, -0.2) is 10.3 Å². The first-order valence-corrected chi connectivity index (χ1v) is 8.97. The summed E-state index contributed by atoms with van der Waals surface area (Å²) in [4.78, 5) is 16.0. The summed E-state index contributed by atoms with van der Waals surface area (Å²) in [5.41, 5.74) is 2.81. The maximum atomic E-state index is 11.0. The van der Waals surface area contributed by atoms with Gasteiger partial charge in [-0.05, 0) is 34.1 Å². The molecule has 7 nitrogen and oxygen atoms in total. The third kappa shape index (κ3) is 7.93. The highest BCUT2D eigenvalue weighted by atomic mass is 28.4. The number of rotatable bonds is 13. The van der Waals surface area contributed by atoms with Crippen LogP contribution in [0.15, 0.2) is 0 Å². The van der Waals surface area contributed by atoms with Crippen LogP contribution in [0.5, 0.6) is 0 Å². The highest BCUT2D eigenvalue weighted by Crippen LogP contribution is 2.20. The van der Waals surface area contributed by atoms with E-state index in [1.807, 2.05) is 20.8 Å². The Morgan fingerprint density at radius 3 is 2.25 bits per heavy atom. The maximum absolute atomic E-state index is 11.0. The molecular weight excluding hydrogens is 282 g/mol. The van der Waals surface area contributed by atoms with Gasteiger partial charge in [0.25, 0.3) is 0 Å². The van der Waals surface area contributed by atoms with E-state index in [9.17, 15) is 4.79 Å². The molecular formula is C12H27NO6Si. The minimum Gasteiger partial charge on any atom is -0.479 e. The van der Waals surface area contributed by atoms with Gasteiger partial charge in [-0.3, -0.25) is 0 Å². The van der Waals surface area contributed by atoms with E-state index in [2.05, 4.69) is 5.48 Å². The molecule has 0 amide bonds. The van der Waals surface area contributed by atoms with Crippen molar-refractivity contribution in [3.8, 4) is 0 Å². The molecule has 0 radical (unpaired) electrons. The quantitative estimate of drug-likeness (QED) is 0.302. The lowest BCUT2D eigenvalue weighted by Crippen LogP contribution is -2.49. The van der Waals surface area contributed by atoms with Crippen LogP contribution < -0.4 is 5.48 Å². The zero-order valence-electron chi connectivity index (χ0n) is 12.8. The average molecular weight is 309 g/mol. The number of carboxylic acids is 1. The molecule has 0 saturated carbocycles. The van der Waals surface area contributed by atoms with E-state index in [1.54, 1.807) is 0 Å². The van der Waals surface area contributed by atoms with Crippen LogP contribution in [0.3, 0.4) is 0 Å². The van der Waals surface area contributed by atoms with Crippen LogP contribution in [0.1, 0.15) is 34.1 Å². The fourth-order valence-corrected chi connectivity index (χ4v) is 4.38. The minimum absolute atomic E-state index is 0.428. The maximum Gasteiger partial charge on any atom is 0.501 e. The Balaban J connectivity index is 4.52. The molecule has 0 aliphatic carbocycles. The van der Waals surface area contributed by atoms with E-state index in [1.165, 1.54) is 6.92 Å². The van der Waals surface area contributed by atoms with Crippen molar-refractivity contribution in [1.29, 1.82) is 0 Å². The third-order valence-corrected chi connectivity index (χ3v) is 5.58. The second-order valence-electron chi connectivity index (χ2n) is 4.08. The van der Waals surface area contributed by atoms with E-state index in [-0.39, 0.29) is 0 Å². The van der Waals surface area contributed by atoms with Crippen LogP contribution in [0, 0.1) is 0 Å². The van der Waals surface area contributed by atoms with Gasteiger partial charge in [0.2, 0.25) is 0 Å². The molecule has 0 saturated heterocycles. The first-order valence-electron chi connectivity index (χ1n) is 7.04. The van der Waals surface area contributed by atoms with Crippen molar-refractivity contribution in [2.24, 2.45) is 0 Å². The number of nitrogens with one attached hydrogen (secondary N) is 1. The van der Waals surface area contributed by atoms with Gasteiger partial charge in [0, 0.05) is 25.8 Å². The van der Waals surface area contributed by atoms with Gasteiger partial charge in [-0.2, -0.15) is 0 Å². The number of carboxylic acid groups (broad SMARTS) is 1. The average Bonchev–Trinajstić information content (AvgIpc) is 2.39. The molecule has 0 spiro atoms. The van der Waals surface area contributed by atoms with Gasteiger partial charge in [0.05, 0.1) is 6.61 Å². The highest BCUT2D eigenvalue weighted by molar-refractivity contribution is 6.60. The molecule has 0 bridgehead atoms. The third-order valence-electron chi connectivity index (χ3n) is 2.44. The van der Waals surface area contributed by atoms with E-state index in [0.717, 1.165) is 6.42 Å². The summed E-state index contributed by atoms with van der Waals surface area (Å²) in [7, 11) is -2.96. The van der Waals surface area contributed by atoms with Crippen LogP contribution in [-0.4, -0.2) is 52.3 Å². The van der Waals surface area contributed by atoms with Gasteiger partial charge in [0.15, 0.2) is 0 Å². The zero-order chi connectivity index (χ0) is 15.4. The minimum atomic E-state index is -2.96. The summed E-state index contributed by atoms with van der Waals surface area (Å²) < 4.78 is 16.9. The van der Waals surface area contributed by atoms with Gasteiger partial charge in [-0.1, -0.05) is 0 Å². The standard InChI is InChI=1S/C12H27NO6Si/c1-5-16-13-9-8-10-20(17-6-2,18-7-3)19-11(4)12(14)15/h11,13H,5-10H2,1-4H3,(H,14,15). The van der Waals surface area contributed by atoms with Gasteiger partial charge < -0.3 is 23.2 Å². The number of carbonyl (C=O) groups is 1. The molecule has 0 aromatic rings. The molecule has 0 fully saturated rings. The molecule has 20 heavy (non-hydrogen) atoms. The summed E-state index contributed by atoms with van der Waals surface area (Å²) >= 11 is 0. The summed E-state index contributed by atoms with van der Waals surface area (Å²) in [6.07, 6.45) is -0.224. The number of hydrogen-bond donors (Lipinski definition) is 2.